The second-order valence-electron chi connectivity index (χ2n) is 5.86. The first kappa shape index (κ1) is 15.7. The van der Waals surface area contributed by atoms with Gasteiger partial charge in [-0.25, -0.2) is 8.42 Å². The molecule has 2 aromatic rings. The van der Waals surface area contributed by atoms with E-state index >= 15 is 0 Å². The summed E-state index contributed by atoms with van der Waals surface area (Å²) in [6.07, 6.45) is 3.16. The van der Waals surface area contributed by atoms with Crippen molar-refractivity contribution in [2.45, 2.75) is 31.1 Å². The lowest BCUT2D eigenvalue weighted by atomic mass is 10.1. The average molecular weight is 338 g/mol. The maximum absolute atomic E-state index is 12.6. The third-order valence-electron chi connectivity index (χ3n) is 4.16. The van der Waals surface area contributed by atoms with Crippen LogP contribution in [0.4, 0.5) is 0 Å². The Balaban J connectivity index is 1.82. The van der Waals surface area contributed by atoms with Gasteiger partial charge in [0.15, 0.2) is 9.84 Å². The van der Waals surface area contributed by atoms with Crippen LogP contribution in [0.3, 0.4) is 0 Å². The van der Waals surface area contributed by atoms with Gasteiger partial charge in [0.05, 0.1) is 17.6 Å². The van der Waals surface area contributed by atoms with Crippen LogP contribution in [0, 0.1) is 13.8 Å². The Morgan fingerprint density at radius 1 is 1.43 bits per heavy atom. The molecule has 1 amide bonds. The highest BCUT2D eigenvalue weighted by Crippen LogP contribution is 2.31. The predicted molar refractivity (Wildman–Crippen MR) is 80.9 cm³/mol. The van der Waals surface area contributed by atoms with Gasteiger partial charge in [-0.05, 0) is 20.3 Å². The van der Waals surface area contributed by atoms with Crippen LogP contribution in [-0.2, 0) is 9.84 Å². The number of nitrogens with zero attached hydrogens (tertiary/aromatic N) is 3. The summed E-state index contributed by atoms with van der Waals surface area (Å²) < 4.78 is 28.6. The topological polar surface area (TPSA) is 109 Å². The first-order valence-electron chi connectivity index (χ1n) is 7.24. The molecule has 8 nitrogen and oxygen atoms in total. The minimum absolute atomic E-state index is 0.0772. The molecule has 23 heavy (non-hydrogen) atoms. The number of H-pyrrole nitrogens is 1. The maximum Gasteiger partial charge on any atom is 0.259 e. The second-order valence-corrected chi connectivity index (χ2v) is 7.84. The first-order chi connectivity index (χ1) is 10.8. The zero-order chi connectivity index (χ0) is 16.8. The molecule has 0 aromatic carbocycles. The molecule has 1 atom stereocenters. The highest BCUT2D eigenvalue weighted by Gasteiger charge is 2.34. The molecule has 0 spiro atoms. The fourth-order valence-electron chi connectivity index (χ4n) is 3.00. The van der Waals surface area contributed by atoms with Crippen LogP contribution in [0.15, 0.2) is 15.6 Å². The van der Waals surface area contributed by atoms with Gasteiger partial charge in [0.2, 0.25) is 0 Å². The van der Waals surface area contributed by atoms with Crippen molar-refractivity contribution in [3.8, 4) is 0 Å². The number of hydrogen-bond acceptors (Lipinski definition) is 6. The number of sulfone groups is 1. The van der Waals surface area contributed by atoms with E-state index in [1.807, 2.05) is 0 Å². The standard InChI is InChI=1S/C14H18N4O4S/c1-8-12(9(2)22-17-8)14(19)18-5-4-10(7-18)13-11(6-15-16-13)23(3,20)21/h6,10H,4-5,7H2,1-3H3,(H,15,16)/t10-/m1/s1. The molecule has 1 saturated heterocycles. The summed E-state index contributed by atoms with van der Waals surface area (Å²) in [7, 11) is -3.34. The second kappa shape index (κ2) is 5.48. The van der Waals surface area contributed by atoms with Crippen LogP contribution in [0.1, 0.15) is 39.8 Å². The number of likely N-dealkylation sites (tertiary alicyclic amines) is 1. The van der Waals surface area contributed by atoms with Gasteiger partial charge in [-0.2, -0.15) is 5.10 Å². The molecular formula is C14H18N4O4S. The molecule has 0 unspecified atom stereocenters. The third kappa shape index (κ3) is 2.76. The number of carbonyl (C=O) groups is 1. The molecule has 0 aliphatic carbocycles. The van der Waals surface area contributed by atoms with Crippen LogP contribution < -0.4 is 0 Å². The summed E-state index contributed by atoms with van der Waals surface area (Å²) in [5, 5.41) is 10.4. The third-order valence-corrected chi connectivity index (χ3v) is 5.29. The van der Waals surface area contributed by atoms with E-state index in [1.54, 1.807) is 18.7 Å². The number of nitrogens with one attached hydrogen (secondary N) is 1. The van der Waals surface area contributed by atoms with E-state index in [9.17, 15) is 13.2 Å². The van der Waals surface area contributed by atoms with Crippen LogP contribution in [0.5, 0.6) is 0 Å². The van der Waals surface area contributed by atoms with E-state index in [0.717, 1.165) is 6.26 Å². The molecule has 1 N–H and O–H groups in total. The van der Waals surface area contributed by atoms with Gasteiger partial charge in [0.25, 0.3) is 5.91 Å². The lowest BCUT2D eigenvalue weighted by Gasteiger charge is -2.16. The van der Waals surface area contributed by atoms with Gasteiger partial charge in [-0.15, -0.1) is 0 Å². The number of aromatic nitrogens is 3. The molecule has 0 radical (unpaired) electrons. The summed E-state index contributed by atoms with van der Waals surface area (Å²) in [6, 6.07) is 0. The lowest BCUT2D eigenvalue weighted by molar-refractivity contribution is 0.0788. The SMILES string of the molecule is Cc1noc(C)c1C(=O)N1CC[C@@H](c2[nH]ncc2S(C)(=O)=O)C1. The van der Waals surface area contributed by atoms with Crippen molar-refractivity contribution < 1.29 is 17.7 Å². The molecule has 124 valence electrons. The van der Waals surface area contributed by atoms with Gasteiger partial charge >= 0.3 is 0 Å². The summed E-state index contributed by atoms with van der Waals surface area (Å²) in [6.45, 7) is 4.43. The van der Waals surface area contributed by atoms with Gasteiger partial charge in [-0.1, -0.05) is 5.16 Å². The van der Waals surface area contributed by atoms with Gasteiger partial charge < -0.3 is 9.42 Å². The van der Waals surface area contributed by atoms with Crippen LogP contribution in [-0.4, -0.2) is 53.9 Å². The molecule has 9 heteroatoms. The minimum Gasteiger partial charge on any atom is -0.361 e. The fourth-order valence-corrected chi connectivity index (χ4v) is 3.86. The molecule has 3 rings (SSSR count). The summed E-state index contributed by atoms with van der Waals surface area (Å²) >= 11 is 0. The van der Waals surface area contributed by atoms with Crippen molar-refractivity contribution in [3.63, 3.8) is 0 Å². The summed E-state index contributed by atoms with van der Waals surface area (Å²) in [5.41, 5.74) is 1.62. The highest BCUT2D eigenvalue weighted by atomic mass is 32.2. The molecule has 1 aliphatic rings. The van der Waals surface area contributed by atoms with E-state index in [4.69, 9.17) is 4.52 Å². The Morgan fingerprint density at radius 3 is 2.78 bits per heavy atom. The zero-order valence-corrected chi connectivity index (χ0v) is 14.0. The quantitative estimate of drug-likeness (QED) is 0.896. The number of carbonyl (C=O) groups excluding carboxylic acids is 1. The van der Waals surface area contributed by atoms with Crippen molar-refractivity contribution in [1.82, 2.24) is 20.3 Å². The Bertz CT molecular complexity index is 833. The number of rotatable bonds is 3. The van der Waals surface area contributed by atoms with E-state index in [0.29, 0.717) is 42.2 Å². The highest BCUT2D eigenvalue weighted by molar-refractivity contribution is 7.90. The summed E-state index contributed by atoms with van der Waals surface area (Å²) in [5.74, 6) is 0.283. The molecule has 1 aliphatic heterocycles. The predicted octanol–water partition coefficient (Wildman–Crippen LogP) is 1.05. The lowest BCUT2D eigenvalue weighted by Crippen LogP contribution is -2.29. The van der Waals surface area contributed by atoms with Gasteiger partial charge in [0, 0.05) is 25.3 Å². The van der Waals surface area contributed by atoms with Crippen molar-refractivity contribution in [2.24, 2.45) is 0 Å². The largest absolute Gasteiger partial charge is 0.361 e. The first-order valence-corrected chi connectivity index (χ1v) is 9.13. The Hall–Kier alpha value is -2.16. The number of aryl methyl sites for hydroxylation is 2. The van der Waals surface area contributed by atoms with E-state index in [-0.39, 0.29) is 16.7 Å². The molecule has 1 fully saturated rings. The molecule has 0 bridgehead atoms. The average Bonchev–Trinajstić information content (AvgIpc) is 3.16. The number of amides is 1. The smallest absolute Gasteiger partial charge is 0.259 e. The fraction of sp³-hybridized carbons (Fsp3) is 0.500. The molecular weight excluding hydrogens is 320 g/mol. The van der Waals surface area contributed by atoms with E-state index < -0.39 is 9.84 Å². The molecule has 3 heterocycles. The van der Waals surface area contributed by atoms with Crippen molar-refractivity contribution >= 4 is 15.7 Å². The Labute approximate surface area is 133 Å². The van der Waals surface area contributed by atoms with Crippen molar-refractivity contribution in [3.05, 3.63) is 28.9 Å². The number of hydrogen-bond donors (Lipinski definition) is 1. The van der Waals surface area contributed by atoms with Gasteiger partial charge in [0.1, 0.15) is 16.2 Å². The van der Waals surface area contributed by atoms with Crippen LogP contribution in [0.2, 0.25) is 0 Å². The van der Waals surface area contributed by atoms with E-state index in [1.165, 1.54) is 6.20 Å². The summed E-state index contributed by atoms with van der Waals surface area (Å²) in [4.78, 5) is 14.5. The van der Waals surface area contributed by atoms with E-state index in [2.05, 4.69) is 15.4 Å². The number of aromatic amines is 1. The van der Waals surface area contributed by atoms with Crippen LogP contribution in [0.25, 0.3) is 0 Å². The Kier molecular flexibility index (Phi) is 3.75. The minimum atomic E-state index is -3.34. The normalized spacial score (nSPS) is 18.6. The van der Waals surface area contributed by atoms with Crippen molar-refractivity contribution in [2.75, 3.05) is 19.3 Å². The monoisotopic (exact) mass is 338 g/mol. The molecule has 0 saturated carbocycles. The van der Waals surface area contributed by atoms with Crippen LogP contribution >= 0.6 is 0 Å². The Morgan fingerprint density at radius 2 is 2.17 bits per heavy atom. The maximum atomic E-state index is 12.6. The van der Waals surface area contributed by atoms with Crippen molar-refractivity contribution in [1.29, 1.82) is 0 Å². The zero-order valence-electron chi connectivity index (χ0n) is 13.2. The molecule has 2 aromatic heterocycles. The van der Waals surface area contributed by atoms with Gasteiger partial charge in [-0.3, -0.25) is 9.89 Å².